The number of nitrogens with zero attached hydrogens (tertiary/aromatic N) is 2. The Bertz CT molecular complexity index is 685. The molecule has 0 fully saturated rings. The number of fused-ring (bicyclic) bond motifs is 1. The third-order valence-corrected chi connectivity index (χ3v) is 3.77. The van der Waals surface area contributed by atoms with Crippen molar-refractivity contribution in [3.05, 3.63) is 47.5 Å². The van der Waals surface area contributed by atoms with Crippen LogP contribution in [0.4, 0.5) is 4.39 Å². The molecule has 5 heteroatoms. The van der Waals surface area contributed by atoms with Gasteiger partial charge in [0.25, 0.3) is 0 Å². The first kappa shape index (κ1) is 12.3. The van der Waals surface area contributed by atoms with Gasteiger partial charge in [0, 0.05) is 11.8 Å². The van der Waals surface area contributed by atoms with E-state index in [1.807, 2.05) is 18.2 Å². The predicted molar refractivity (Wildman–Crippen MR) is 75.4 cm³/mol. The lowest BCUT2D eigenvalue weighted by Crippen LogP contribution is -1.96. The molecule has 1 aliphatic rings. The Morgan fingerprint density at radius 1 is 1.32 bits per heavy atom. The predicted octanol–water partition coefficient (Wildman–Crippen LogP) is 3.55. The Morgan fingerprint density at radius 2 is 2.16 bits per heavy atom. The quantitative estimate of drug-likeness (QED) is 0.793. The first-order valence-electron chi connectivity index (χ1n) is 5.73. The summed E-state index contributed by atoms with van der Waals surface area (Å²) in [6.45, 7) is 0.656. The fourth-order valence-electron chi connectivity index (χ4n) is 2.15. The Balaban J connectivity index is 2.18. The summed E-state index contributed by atoms with van der Waals surface area (Å²) >= 11 is 3.41. The number of hydrogen-bond acceptors (Lipinski definition) is 3. The van der Waals surface area contributed by atoms with Crippen LogP contribution < -0.4 is 4.74 Å². The van der Waals surface area contributed by atoms with Gasteiger partial charge in [-0.05, 0) is 39.2 Å². The van der Waals surface area contributed by atoms with Crippen LogP contribution in [0, 0.1) is 5.95 Å². The summed E-state index contributed by atoms with van der Waals surface area (Å²) in [6, 6.07) is 7.37. The van der Waals surface area contributed by atoms with Crippen molar-refractivity contribution in [1.82, 2.24) is 4.98 Å². The van der Waals surface area contributed by atoms with E-state index in [2.05, 4.69) is 25.9 Å². The second-order valence-corrected chi connectivity index (χ2v) is 4.91. The van der Waals surface area contributed by atoms with Gasteiger partial charge < -0.3 is 4.74 Å². The lowest BCUT2D eigenvalue weighted by atomic mass is 10.0. The highest BCUT2D eigenvalue weighted by molar-refractivity contribution is 9.18. The topological polar surface area (TPSA) is 34.5 Å². The molecule has 1 aromatic heterocycles. The maximum atomic E-state index is 13.9. The van der Waals surface area contributed by atoms with Crippen LogP contribution in [0.15, 0.2) is 35.5 Å². The maximum Gasteiger partial charge on any atom is 0.224 e. The van der Waals surface area contributed by atoms with E-state index in [0.29, 0.717) is 17.9 Å². The molecule has 1 aromatic carbocycles. The molecule has 19 heavy (non-hydrogen) atoms. The van der Waals surface area contributed by atoms with Gasteiger partial charge in [-0.3, -0.25) is 4.99 Å². The monoisotopic (exact) mass is 320 g/mol. The van der Waals surface area contributed by atoms with Crippen LogP contribution in [0.2, 0.25) is 0 Å². The van der Waals surface area contributed by atoms with Gasteiger partial charge in [-0.1, -0.05) is 12.1 Å². The molecule has 0 saturated carbocycles. The van der Waals surface area contributed by atoms with Crippen molar-refractivity contribution in [1.29, 1.82) is 0 Å². The number of ether oxygens (including phenoxy) is 1. The third-order valence-electron chi connectivity index (χ3n) is 3.10. The average molecular weight is 321 g/mol. The van der Waals surface area contributed by atoms with Crippen molar-refractivity contribution in [3.8, 4) is 16.9 Å². The summed E-state index contributed by atoms with van der Waals surface area (Å²) in [6.07, 6.45) is 1.39. The van der Waals surface area contributed by atoms with E-state index in [9.17, 15) is 4.39 Å². The highest BCUT2D eigenvalue weighted by Gasteiger charge is 2.18. The summed E-state index contributed by atoms with van der Waals surface area (Å²) in [7, 11) is 1.52. The molecule has 0 unspecified atom stereocenters. The molecule has 96 valence electrons. The van der Waals surface area contributed by atoms with Gasteiger partial charge in [0.05, 0.1) is 19.2 Å². The molecule has 0 N–H and O–H groups in total. The van der Waals surface area contributed by atoms with Crippen LogP contribution in [-0.2, 0) is 6.54 Å². The lowest BCUT2D eigenvalue weighted by molar-refractivity contribution is 0.411. The number of hydrogen-bond donors (Lipinski definition) is 0. The van der Waals surface area contributed by atoms with E-state index in [0.717, 1.165) is 21.3 Å². The van der Waals surface area contributed by atoms with E-state index >= 15 is 0 Å². The van der Waals surface area contributed by atoms with Crippen LogP contribution in [0.1, 0.15) is 11.1 Å². The first-order valence-corrected chi connectivity index (χ1v) is 6.52. The highest BCUT2D eigenvalue weighted by atomic mass is 79.9. The molecule has 0 atom stereocenters. The Labute approximate surface area is 118 Å². The molecule has 0 saturated heterocycles. The Hall–Kier alpha value is -1.75. The van der Waals surface area contributed by atoms with E-state index in [1.54, 1.807) is 6.07 Å². The minimum atomic E-state index is -0.537. The molecule has 0 bridgehead atoms. The van der Waals surface area contributed by atoms with Crippen molar-refractivity contribution in [2.75, 3.05) is 7.11 Å². The number of aliphatic imine (C=N–C) groups is 1. The van der Waals surface area contributed by atoms with E-state index < -0.39 is 5.95 Å². The van der Waals surface area contributed by atoms with Crippen LogP contribution >= 0.6 is 15.9 Å². The Kier molecular flexibility index (Phi) is 3.06. The van der Waals surface area contributed by atoms with Gasteiger partial charge in [0.1, 0.15) is 10.4 Å². The zero-order valence-corrected chi connectivity index (χ0v) is 11.7. The van der Waals surface area contributed by atoms with E-state index in [1.165, 1.54) is 13.3 Å². The molecule has 0 amide bonds. The summed E-state index contributed by atoms with van der Waals surface area (Å²) in [5.41, 5.74) is 3.22. The van der Waals surface area contributed by atoms with Gasteiger partial charge in [-0.25, -0.2) is 4.98 Å². The number of aromatic nitrogens is 1. The van der Waals surface area contributed by atoms with Gasteiger partial charge in [-0.15, -0.1) is 0 Å². The van der Waals surface area contributed by atoms with Crippen molar-refractivity contribution < 1.29 is 9.13 Å². The van der Waals surface area contributed by atoms with Gasteiger partial charge in [0.2, 0.25) is 5.95 Å². The molecule has 3 nitrogen and oxygen atoms in total. The van der Waals surface area contributed by atoms with Crippen LogP contribution in [-0.4, -0.2) is 16.7 Å². The Morgan fingerprint density at radius 3 is 2.95 bits per heavy atom. The molecule has 0 radical (unpaired) electrons. The zero-order chi connectivity index (χ0) is 13.4. The van der Waals surface area contributed by atoms with Crippen LogP contribution in [0.5, 0.6) is 5.75 Å². The highest BCUT2D eigenvalue weighted by Crippen LogP contribution is 2.34. The first-order chi connectivity index (χ1) is 9.20. The summed E-state index contributed by atoms with van der Waals surface area (Å²) in [4.78, 5) is 7.98. The number of pyridine rings is 1. The molecule has 2 aromatic rings. The van der Waals surface area contributed by atoms with E-state index in [4.69, 9.17) is 4.74 Å². The number of methoxy groups -OCH3 is 1. The minimum Gasteiger partial charge on any atom is -0.496 e. The molecule has 0 aliphatic carbocycles. The number of benzene rings is 1. The standard InChI is InChI=1S/C14H10BrFN2O/c1-19-11-4-5-17-14(16)12(11)8-2-3-9-7-18-13(15)10(9)6-8/h2-6H,7H2,1H3. The second-order valence-electron chi connectivity index (χ2n) is 4.16. The number of rotatable bonds is 2. The lowest BCUT2D eigenvalue weighted by Gasteiger charge is -2.10. The summed E-state index contributed by atoms with van der Waals surface area (Å²) < 4.78 is 19.9. The molecule has 3 rings (SSSR count). The number of halogens is 2. The van der Waals surface area contributed by atoms with Crippen molar-refractivity contribution in [2.45, 2.75) is 6.54 Å². The van der Waals surface area contributed by atoms with Crippen LogP contribution in [0.25, 0.3) is 11.1 Å². The van der Waals surface area contributed by atoms with E-state index in [-0.39, 0.29) is 0 Å². The fraction of sp³-hybridized carbons (Fsp3) is 0.143. The maximum absolute atomic E-state index is 13.9. The normalized spacial score (nSPS) is 13.1. The largest absolute Gasteiger partial charge is 0.496 e. The third kappa shape index (κ3) is 2.04. The minimum absolute atomic E-state index is 0.375. The van der Waals surface area contributed by atoms with Crippen molar-refractivity contribution in [3.63, 3.8) is 0 Å². The van der Waals surface area contributed by atoms with Gasteiger partial charge >= 0.3 is 0 Å². The van der Waals surface area contributed by atoms with Gasteiger partial charge in [0.15, 0.2) is 0 Å². The second kappa shape index (κ2) is 4.74. The molecule has 2 heterocycles. The molecular formula is C14H10BrFN2O. The van der Waals surface area contributed by atoms with Gasteiger partial charge in [-0.2, -0.15) is 4.39 Å². The van der Waals surface area contributed by atoms with Crippen LogP contribution in [0.3, 0.4) is 0 Å². The smallest absolute Gasteiger partial charge is 0.224 e. The SMILES string of the molecule is COc1ccnc(F)c1-c1ccc2c(c1)C(Br)=NC2. The zero-order valence-electron chi connectivity index (χ0n) is 10.2. The molecule has 1 aliphatic heterocycles. The molecular weight excluding hydrogens is 311 g/mol. The molecule has 0 spiro atoms. The summed E-state index contributed by atoms with van der Waals surface area (Å²) in [5.74, 6) is -0.0659. The fourth-order valence-corrected chi connectivity index (χ4v) is 2.65. The average Bonchev–Trinajstić information content (AvgIpc) is 2.79. The van der Waals surface area contributed by atoms with Crippen molar-refractivity contribution >= 4 is 20.6 Å². The van der Waals surface area contributed by atoms with Crippen molar-refractivity contribution in [2.24, 2.45) is 4.99 Å². The summed E-state index contributed by atoms with van der Waals surface area (Å²) in [5, 5.41) is 0.